The lowest BCUT2D eigenvalue weighted by molar-refractivity contribution is -0.123. The van der Waals surface area contributed by atoms with Crippen molar-refractivity contribution in [1.82, 2.24) is 5.43 Å². The van der Waals surface area contributed by atoms with Crippen LogP contribution in [0, 0.1) is 11.3 Å². The topological polar surface area (TPSA) is 92.9 Å². The Morgan fingerprint density at radius 3 is 2.30 bits per heavy atom. The number of amides is 1. The van der Waals surface area contributed by atoms with Gasteiger partial charge in [-0.2, -0.15) is 27.9 Å². The van der Waals surface area contributed by atoms with Crippen molar-refractivity contribution in [3.63, 3.8) is 0 Å². The normalized spacial score (nSPS) is 11.2. The predicted molar refractivity (Wildman–Crippen MR) is 96.7 cm³/mol. The summed E-state index contributed by atoms with van der Waals surface area (Å²) in [6, 6.07) is 11.2. The van der Waals surface area contributed by atoms with Gasteiger partial charge < -0.3 is 14.2 Å². The molecule has 0 radical (unpaired) electrons. The van der Waals surface area contributed by atoms with Gasteiger partial charge in [0.25, 0.3) is 5.91 Å². The fourth-order valence-electron chi connectivity index (χ4n) is 2.18. The van der Waals surface area contributed by atoms with Crippen LogP contribution in [0.5, 0.6) is 17.2 Å². The number of carbonyl (C=O) groups is 1. The first-order chi connectivity index (χ1) is 14.3. The molecule has 30 heavy (non-hydrogen) atoms. The molecule has 2 rings (SSSR count). The van der Waals surface area contributed by atoms with E-state index in [1.165, 1.54) is 37.3 Å². The van der Waals surface area contributed by atoms with E-state index in [9.17, 15) is 22.4 Å². The number of hydrazone groups is 1. The van der Waals surface area contributed by atoms with Gasteiger partial charge in [0.15, 0.2) is 6.61 Å². The van der Waals surface area contributed by atoms with Crippen LogP contribution in [0.2, 0.25) is 0 Å². The third-order valence-corrected chi connectivity index (χ3v) is 3.49. The first-order valence-corrected chi connectivity index (χ1v) is 8.28. The van der Waals surface area contributed by atoms with Crippen LogP contribution < -0.4 is 19.6 Å². The van der Waals surface area contributed by atoms with Crippen molar-refractivity contribution in [2.24, 2.45) is 5.10 Å². The number of alkyl halides is 4. The van der Waals surface area contributed by atoms with Crippen LogP contribution in [0.15, 0.2) is 47.6 Å². The molecule has 2 aromatic carbocycles. The number of benzene rings is 2. The molecule has 0 spiro atoms. The van der Waals surface area contributed by atoms with E-state index in [1.54, 1.807) is 0 Å². The molecule has 0 aliphatic heterocycles. The highest BCUT2D eigenvalue weighted by atomic mass is 19.3. The van der Waals surface area contributed by atoms with Crippen molar-refractivity contribution in [3.8, 4) is 23.3 Å². The molecule has 0 atom stereocenters. The van der Waals surface area contributed by atoms with Crippen LogP contribution in [-0.4, -0.2) is 31.4 Å². The Hall–Kier alpha value is -3.81. The molecule has 1 amide bonds. The number of carbonyl (C=O) groups excluding carboxylic acids is 1. The van der Waals surface area contributed by atoms with E-state index in [2.05, 4.69) is 20.0 Å². The lowest BCUT2D eigenvalue weighted by Gasteiger charge is -2.13. The Labute approximate surface area is 168 Å². The van der Waals surface area contributed by atoms with Gasteiger partial charge >= 0.3 is 13.2 Å². The summed E-state index contributed by atoms with van der Waals surface area (Å²) in [6.45, 7) is -5.36. The van der Waals surface area contributed by atoms with Gasteiger partial charge in [0, 0.05) is 11.6 Å². The maximum atomic E-state index is 12.6. The van der Waals surface area contributed by atoms with Crippen molar-refractivity contribution >= 4 is 11.6 Å². The van der Waals surface area contributed by atoms with Crippen LogP contribution in [0.4, 0.5) is 17.6 Å². The number of hydrogen-bond acceptors (Lipinski definition) is 6. The SMILES string of the molecule is CC(=NNC(=O)COc1ccc(C#N)cc1)c1ccc(OC(F)F)cc1OC(F)F. The van der Waals surface area contributed by atoms with Crippen molar-refractivity contribution in [3.05, 3.63) is 53.6 Å². The van der Waals surface area contributed by atoms with Crippen molar-refractivity contribution in [2.75, 3.05) is 6.61 Å². The molecule has 7 nitrogen and oxygen atoms in total. The summed E-state index contributed by atoms with van der Waals surface area (Å²) in [5, 5.41) is 12.5. The van der Waals surface area contributed by atoms with Gasteiger partial charge in [-0.3, -0.25) is 4.79 Å². The number of nitrogens with zero attached hydrogens (tertiary/aromatic N) is 2. The minimum absolute atomic E-state index is 0.0326. The van der Waals surface area contributed by atoms with Crippen LogP contribution >= 0.6 is 0 Å². The predicted octanol–water partition coefficient (Wildman–Crippen LogP) is 3.68. The zero-order valence-corrected chi connectivity index (χ0v) is 15.4. The summed E-state index contributed by atoms with van der Waals surface area (Å²) in [7, 11) is 0. The van der Waals surface area contributed by atoms with Crippen LogP contribution in [0.25, 0.3) is 0 Å². The lowest BCUT2D eigenvalue weighted by atomic mass is 10.1. The fourth-order valence-corrected chi connectivity index (χ4v) is 2.18. The highest BCUT2D eigenvalue weighted by Crippen LogP contribution is 2.28. The zero-order valence-electron chi connectivity index (χ0n) is 15.4. The zero-order chi connectivity index (χ0) is 22.1. The summed E-state index contributed by atoms with van der Waals surface area (Å²) in [4.78, 5) is 11.9. The molecule has 0 unspecified atom stereocenters. The largest absolute Gasteiger partial charge is 0.484 e. The highest BCUT2D eigenvalue weighted by molar-refractivity contribution is 6.01. The standard InChI is InChI=1S/C19H15F4N3O4/c1-11(15-7-6-14(29-18(20)21)8-16(15)30-19(22)23)25-26-17(27)10-28-13-4-2-12(9-24)3-5-13/h2-8,18-19H,10H2,1H3,(H,26,27). The van der Waals surface area contributed by atoms with Gasteiger partial charge in [0.1, 0.15) is 17.2 Å². The summed E-state index contributed by atoms with van der Waals surface area (Å²) in [5.74, 6) is -1.12. The van der Waals surface area contributed by atoms with Crippen LogP contribution in [-0.2, 0) is 4.79 Å². The first-order valence-electron chi connectivity index (χ1n) is 8.28. The summed E-state index contributed by atoms with van der Waals surface area (Å²) < 4.78 is 63.6. The van der Waals surface area contributed by atoms with Crippen molar-refractivity contribution in [2.45, 2.75) is 20.1 Å². The molecular weight excluding hydrogens is 410 g/mol. The van der Waals surface area contributed by atoms with Gasteiger partial charge in [-0.25, -0.2) is 5.43 Å². The minimum atomic E-state index is -3.21. The molecule has 0 aliphatic carbocycles. The molecule has 1 N–H and O–H groups in total. The van der Waals surface area contributed by atoms with Crippen molar-refractivity contribution < 1.29 is 36.6 Å². The average Bonchev–Trinajstić information content (AvgIpc) is 2.70. The van der Waals surface area contributed by atoms with E-state index in [4.69, 9.17) is 10.00 Å². The van der Waals surface area contributed by atoms with Gasteiger partial charge in [-0.15, -0.1) is 0 Å². The Bertz CT molecular complexity index is 944. The number of hydrogen-bond donors (Lipinski definition) is 1. The molecule has 2 aromatic rings. The molecule has 158 valence electrons. The Kier molecular flexibility index (Phi) is 7.99. The maximum Gasteiger partial charge on any atom is 0.387 e. The van der Waals surface area contributed by atoms with Gasteiger partial charge in [0.05, 0.1) is 17.3 Å². The summed E-state index contributed by atoms with van der Waals surface area (Å²) in [5.41, 5.74) is 2.71. The maximum absolute atomic E-state index is 12.6. The third kappa shape index (κ3) is 6.97. The number of rotatable bonds is 9. The summed E-state index contributed by atoms with van der Waals surface area (Å²) >= 11 is 0. The van der Waals surface area contributed by atoms with Gasteiger partial charge in [-0.1, -0.05) is 0 Å². The smallest absolute Gasteiger partial charge is 0.387 e. The lowest BCUT2D eigenvalue weighted by Crippen LogP contribution is -2.25. The molecule has 0 saturated heterocycles. The van der Waals surface area contributed by atoms with Crippen molar-refractivity contribution in [1.29, 1.82) is 5.26 Å². The molecule has 0 aromatic heterocycles. The van der Waals surface area contributed by atoms with Gasteiger partial charge in [0.2, 0.25) is 0 Å². The molecule has 11 heteroatoms. The minimum Gasteiger partial charge on any atom is -0.484 e. The second-order valence-corrected chi connectivity index (χ2v) is 5.57. The Morgan fingerprint density at radius 1 is 1.07 bits per heavy atom. The number of nitriles is 1. The van der Waals surface area contributed by atoms with E-state index >= 15 is 0 Å². The Balaban J connectivity index is 2.03. The van der Waals surface area contributed by atoms with Crippen LogP contribution in [0.1, 0.15) is 18.1 Å². The quantitative estimate of drug-likeness (QED) is 0.376. The van der Waals surface area contributed by atoms with E-state index in [0.29, 0.717) is 11.3 Å². The molecule has 0 aliphatic rings. The molecule has 0 saturated carbocycles. The number of nitrogens with one attached hydrogen (secondary N) is 1. The average molecular weight is 425 g/mol. The number of ether oxygens (including phenoxy) is 3. The third-order valence-electron chi connectivity index (χ3n) is 3.49. The van der Waals surface area contributed by atoms with E-state index in [0.717, 1.165) is 12.1 Å². The first kappa shape index (κ1) is 22.5. The molecular formula is C19H15F4N3O4. The fraction of sp³-hybridized carbons (Fsp3) is 0.211. The second-order valence-electron chi connectivity index (χ2n) is 5.57. The highest BCUT2D eigenvalue weighted by Gasteiger charge is 2.15. The monoisotopic (exact) mass is 425 g/mol. The van der Waals surface area contributed by atoms with E-state index in [1.807, 2.05) is 6.07 Å². The Morgan fingerprint density at radius 2 is 1.70 bits per heavy atom. The number of halogens is 4. The molecule has 0 bridgehead atoms. The molecule has 0 heterocycles. The summed E-state index contributed by atoms with van der Waals surface area (Å²) in [6.07, 6.45) is 0. The second kappa shape index (κ2) is 10.7. The molecule has 0 fully saturated rings. The van der Waals surface area contributed by atoms with Crippen LogP contribution in [0.3, 0.4) is 0 Å². The van der Waals surface area contributed by atoms with E-state index < -0.39 is 31.5 Å². The van der Waals surface area contributed by atoms with Gasteiger partial charge in [-0.05, 0) is 43.3 Å². The van der Waals surface area contributed by atoms with E-state index in [-0.39, 0.29) is 17.0 Å².